The highest BCUT2D eigenvalue weighted by Crippen LogP contribution is 2.65. The Bertz CT molecular complexity index is 1430. The Hall–Kier alpha value is -3.41. The number of hydrogen-bond acceptors (Lipinski definition) is 8. The molecular weight excluding hydrogens is 504 g/mol. The van der Waals surface area contributed by atoms with Crippen molar-refractivity contribution in [3.8, 4) is 11.4 Å². The van der Waals surface area contributed by atoms with Crippen LogP contribution < -0.4 is 20.7 Å². The van der Waals surface area contributed by atoms with Crippen molar-refractivity contribution in [2.24, 2.45) is 11.3 Å². The molecule has 0 aromatic carbocycles. The van der Waals surface area contributed by atoms with Crippen molar-refractivity contribution in [3.05, 3.63) is 47.3 Å². The van der Waals surface area contributed by atoms with Crippen LogP contribution in [-0.4, -0.2) is 74.2 Å². The lowest BCUT2D eigenvalue weighted by atomic mass is 9.96. The van der Waals surface area contributed by atoms with E-state index in [2.05, 4.69) is 30.5 Å². The number of hydrogen-bond donors (Lipinski definition) is 1. The van der Waals surface area contributed by atoms with Crippen molar-refractivity contribution in [2.75, 3.05) is 42.5 Å². The molecule has 2 saturated carbocycles. The zero-order valence-electron chi connectivity index (χ0n) is 22.0. The van der Waals surface area contributed by atoms with E-state index in [0.717, 1.165) is 37.7 Å². The molecule has 3 aromatic rings. The molecule has 10 nitrogen and oxygen atoms in total. The number of halogens is 2. The summed E-state index contributed by atoms with van der Waals surface area (Å²) in [5.74, 6) is -1.16. The van der Waals surface area contributed by atoms with Gasteiger partial charge in [0, 0.05) is 56.6 Å². The molecule has 1 spiro atoms. The summed E-state index contributed by atoms with van der Waals surface area (Å²) in [5.41, 5.74) is 0.979. The van der Waals surface area contributed by atoms with Crippen LogP contribution in [0.1, 0.15) is 45.2 Å². The Morgan fingerprint density at radius 1 is 1.15 bits per heavy atom. The fourth-order valence-corrected chi connectivity index (χ4v) is 5.92. The lowest BCUT2D eigenvalue weighted by molar-refractivity contribution is 0.0518. The molecule has 2 aliphatic heterocycles. The van der Waals surface area contributed by atoms with Crippen molar-refractivity contribution in [3.63, 3.8) is 0 Å². The van der Waals surface area contributed by atoms with Gasteiger partial charge in [-0.05, 0) is 51.1 Å². The van der Waals surface area contributed by atoms with Crippen molar-refractivity contribution < 1.29 is 8.78 Å². The topological polar surface area (TPSA) is 97.0 Å². The lowest BCUT2D eigenvalue weighted by Gasteiger charge is -2.40. The minimum Gasteiger partial charge on any atom is -0.370 e. The van der Waals surface area contributed by atoms with Crippen LogP contribution in [-0.2, 0) is 0 Å². The number of pyridine rings is 1. The Morgan fingerprint density at radius 3 is 2.72 bits per heavy atom. The predicted octanol–water partition coefficient (Wildman–Crippen LogP) is 2.78. The fourth-order valence-electron chi connectivity index (χ4n) is 5.92. The van der Waals surface area contributed by atoms with Crippen LogP contribution >= 0.6 is 0 Å². The minimum atomic E-state index is -2.56. The molecule has 3 aromatic heterocycles. The smallest absolute Gasteiger partial charge is 0.258 e. The fraction of sp³-hybridized carbons (Fsp3) is 0.593. The van der Waals surface area contributed by atoms with E-state index >= 15 is 0 Å². The van der Waals surface area contributed by atoms with Gasteiger partial charge in [-0.1, -0.05) is 5.21 Å². The minimum absolute atomic E-state index is 0.0493. The van der Waals surface area contributed by atoms with Gasteiger partial charge in [-0.2, -0.15) is 0 Å². The molecule has 12 heteroatoms. The second kappa shape index (κ2) is 9.07. The average molecular weight is 538 g/mol. The molecule has 4 aliphatic rings. The molecule has 206 valence electrons. The number of alkyl halides is 2. The zero-order valence-corrected chi connectivity index (χ0v) is 22.0. The maximum atomic E-state index is 13.6. The summed E-state index contributed by atoms with van der Waals surface area (Å²) < 4.78 is 30.4. The number of rotatable bonds is 8. The monoisotopic (exact) mass is 537 g/mol. The first kappa shape index (κ1) is 24.6. The van der Waals surface area contributed by atoms with Gasteiger partial charge in [0.2, 0.25) is 0 Å². The van der Waals surface area contributed by atoms with Gasteiger partial charge in [-0.25, -0.2) is 18.4 Å². The van der Waals surface area contributed by atoms with E-state index in [0.29, 0.717) is 23.2 Å². The first-order chi connectivity index (χ1) is 18.8. The average Bonchev–Trinajstić information content (AvgIpc) is 3.78. The van der Waals surface area contributed by atoms with Gasteiger partial charge in [0.05, 0.1) is 24.0 Å². The molecule has 1 unspecified atom stereocenters. The summed E-state index contributed by atoms with van der Waals surface area (Å²) in [7, 11) is 0. The summed E-state index contributed by atoms with van der Waals surface area (Å²) in [6, 6.07) is 4.17. The third kappa shape index (κ3) is 4.58. The number of nitrogens with one attached hydrogen (secondary N) is 1. The molecular formula is C27H33F2N9O. The van der Waals surface area contributed by atoms with Crippen LogP contribution in [0.25, 0.3) is 11.4 Å². The molecule has 2 saturated heterocycles. The molecule has 2 aliphatic carbocycles. The van der Waals surface area contributed by atoms with E-state index < -0.39 is 17.5 Å². The van der Waals surface area contributed by atoms with Gasteiger partial charge >= 0.3 is 0 Å². The lowest BCUT2D eigenvalue weighted by Crippen LogP contribution is -2.51. The predicted molar refractivity (Wildman–Crippen MR) is 142 cm³/mol. The van der Waals surface area contributed by atoms with Crippen LogP contribution in [0.2, 0.25) is 0 Å². The maximum Gasteiger partial charge on any atom is 0.258 e. The zero-order chi connectivity index (χ0) is 26.8. The Morgan fingerprint density at radius 2 is 1.97 bits per heavy atom. The molecule has 39 heavy (non-hydrogen) atoms. The van der Waals surface area contributed by atoms with Crippen molar-refractivity contribution in [2.45, 2.75) is 57.2 Å². The SMILES string of the molecule is CC(n1cc(-c2cncc(N3CC4(C3)CC4(F)F)n2)nn1)n1ccc(N2CCC[C@@H](NCC3CC3)C2)cc1=O. The van der Waals surface area contributed by atoms with Gasteiger partial charge in [0.25, 0.3) is 11.5 Å². The van der Waals surface area contributed by atoms with Crippen LogP contribution in [0.5, 0.6) is 0 Å². The normalized spacial score (nSPS) is 24.0. The number of anilines is 2. The third-order valence-electron chi connectivity index (χ3n) is 8.81. The highest BCUT2D eigenvalue weighted by Gasteiger charge is 2.76. The quantitative estimate of drug-likeness (QED) is 0.469. The largest absolute Gasteiger partial charge is 0.370 e. The molecule has 1 N–H and O–H groups in total. The van der Waals surface area contributed by atoms with E-state index in [-0.39, 0.29) is 25.1 Å². The van der Waals surface area contributed by atoms with Gasteiger partial charge in [0.15, 0.2) is 0 Å². The first-order valence-corrected chi connectivity index (χ1v) is 13.9. The highest BCUT2D eigenvalue weighted by atomic mass is 19.3. The molecule has 0 bridgehead atoms. The van der Waals surface area contributed by atoms with Gasteiger partial charge in [-0.3, -0.25) is 14.3 Å². The number of nitrogens with zero attached hydrogens (tertiary/aromatic N) is 8. The number of aromatic nitrogens is 6. The van der Waals surface area contributed by atoms with Crippen LogP contribution in [0, 0.1) is 11.3 Å². The maximum absolute atomic E-state index is 13.6. The Kier molecular flexibility index (Phi) is 5.73. The third-order valence-corrected chi connectivity index (χ3v) is 8.81. The second-order valence-corrected chi connectivity index (χ2v) is 11.8. The molecule has 4 fully saturated rings. The molecule has 7 rings (SSSR count). The highest BCUT2D eigenvalue weighted by molar-refractivity contribution is 5.56. The summed E-state index contributed by atoms with van der Waals surface area (Å²) in [6.45, 7) is 5.43. The Balaban J connectivity index is 1.02. The van der Waals surface area contributed by atoms with Gasteiger partial charge in [-0.15, -0.1) is 5.10 Å². The van der Waals surface area contributed by atoms with Crippen LogP contribution in [0.15, 0.2) is 41.7 Å². The molecule has 5 heterocycles. The standard InChI is InChI=1S/C27H33F2N9O/c1-18(37-8-6-21(9-25(37)39)35-7-2-3-20(13-35)31-10-19-4-5-19)38-14-23(33-34-38)22-11-30-12-24(32-22)36-16-26(17-36)15-27(26,28)29/h6,8-9,11-12,14,18-20,31H,2-5,7,10,13,15-17H2,1H3/t18?,20-/m1/s1. The van der Waals surface area contributed by atoms with E-state index in [1.807, 2.05) is 24.1 Å². The summed E-state index contributed by atoms with van der Waals surface area (Å²) in [6.07, 6.45) is 11.2. The Labute approximate surface area is 225 Å². The van der Waals surface area contributed by atoms with E-state index in [1.165, 1.54) is 19.3 Å². The van der Waals surface area contributed by atoms with E-state index in [9.17, 15) is 13.6 Å². The second-order valence-electron chi connectivity index (χ2n) is 11.8. The van der Waals surface area contributed by atoms with Crippen molar-refractivity contribution in [1.29, 1.82) is 0 Å². The molecule has 0 amide bonds. The molecule has 0 radical (unpaired) electrons. The summed E-state index contributed by atoms with van der Waals surface area (Å²) in [5, 5.41) is 12.2. The van der Waals surface area contributed by atoms with Gasteiger partial charge < -0.3 is 15.1 Å². The van der Waals surface area contributed by atoms with E-state index in [4.69, 9.17) is 0 Å². The summed E-state index contributed by atoms with van der Waals surface area (Å²) >= 11 is 0. The van der Waals surface area contributed by atoms with Crippen molar-refractivity contribution in [1.82, 2.24) is 34.8 Å². The first-order valence-electron chi connectivity index (χ1n) is 13.9. The van der Waals surface area contributed by atoms with Crippen LogP contribution in [0.4, 0.5) is 20.3 Å². The summed E-state index contributed by atoms with van der Waals surface area (Å²) in [4.78, 5) is 26.1. The van der Waals surface area contributed by atoms with E-state index in [1.54, 1.807) is 33.9 Å². The van der Waals surface area contributed by atoms with Gasteiger partial charge in [0.1, 0.15) is 23.4 Å². The number of piperidine rings is 1. The van der Waals surface area contributed by atoms with Crippen molar-refractivity contribution >= 4 is 11.5 Å². The molecule has 2 atom stereocenters. The van der Waals surface area contributed by atoms with Crippen LogP contribution in [0.3, 0.4) is 0 Å².